The number of carbonyl (C=O) groups excluding carboxylic acids is 1. The van der Waals surface area contributed by atoms with Crippen LogP contribution >= 0.6 is 0 Å². The lowest BCUT2D eigenvalue weighted by atomic mass is 10.1. The first kappa shape index (κ1) is 17.7. The third-order valence-electron chi connectivity index (χ3n) is 4.70. The summed E-state index contributed by atoms with van der Waals surface area (Å²) in [5.74, 6) is 0.00636. The number of aromatic amines is 1. The van der Waals surface area contributed by atoms with Crippen LogP contribution in [0, 0.1) is 6.92 Å². The van der Waals surface area contributed by atoms with Crippen molar-refractivity contribution in [1.29, 1.82) is 0 Å². The molecule has 0 saturated carbocycles. The van der Waals surface area contributed by atoms with Crippen molar-refractivity contribution in [2.75, 3.05) is 5.32 Å². The van der Waals surface area contributed by atoms with Crippen LogP contribution in [0.3, 0.4) is 0 Å². The predicted molar refractivity (Wildman–Crippen MR) is 110 cm³/mol. The summed E-state index contributed by atoms with van der Waals surface area (Å²) in [5.41, 5.74) is 4.28. The van der Waals surface area contributed by atoms with Gasteiger partial charge in [0.2, 0.25) is 0 Å². The molecule has 4 aromatic rings. The molecular formula is C22H20N4O2. The highest BCUT2D eigenvalue weighted by atomic mass is 16.1. The summed E-state index contributed by atoms with van der Waals surface area (Å²) in [4.78, 5) is 27.1. The molecule has 0 saturated heterocycles. The zero-order chi connectivity index (χ0) is 19.7. The van der Waals surface area contributed by atoms with Crippen molar-refractivity contribution in [3.8, 4) is 5.69 Å². The average Bonchev–Trinajstić information content (AvgIpc) is 3.02. The number of para-hydroxylation sites is 1. The summed E-state index contributed by atoms with van der Waals surface area (Å²) in [6, 6.07) is 18.8. The number of carbonyl (C=O) groups is 1. The molecule has 2 aromatic carbocycles. The molecule has 6 nitrogen and oxygen atoms in total. The van der Waals surface area contributed by atoms with Gasteiger partial charge in [0.05, 0.1) is 11.4 Å². The van der Waals surface area contributed by atoms with E-state index in [9.17, 15) is 9.59 Å². The van der Waals surface area contributed by atoms with E-state index < -0.39 is 0 Å². The minimum Gasteiger partial charge on any atom is -0.381 e. The van der Waals surface area contributed by atoms with Gasteiger partial charge in [-0.05, 0) is 44.2 Å². The molecule has 140 valence electrons. The third kappa shape index (κ3) is 3.32. The van der Waals surface area contributed by atoms with Crippen LogP contribution in [0.25, 0.3) is 16.7 Å². The van der Waals surface area contributed by atoms with E-state index in [0.717, 1.165) is 22.5 Å². The van der Waals surface area contributed by atoms with E-state index in [1.165, 1.54) is 6.92 Å². The van der Waals surface area contributed by atoms with Crippen molar-refractivity contribution >= 4 is 22.5 Å². The van der Waals surface area contributed by atoms with Crippen molar-refractivity contribution in [1.82, 2.24) is 14.8 Å². The topological polar surface area (TPSA) is 79.8 Å². The van der Waals surface area contributed by atoms with Crippen molar-refractivity contribution in [2.24, 2.45) is 0 Å². The van der Waals surface area contributed by atoms with Crippen LogP contribution in [0.15, 0.2) is 65.5 Å². The van der Waals surface area contributed by atoms with Gasteiger partial charge in [-0.3, -0.25) is 9.59 Å². The van der Waals surface area contributed by atoms with Crippen LogP contribution in [0.1, 0.15) is 28.5 Å². The molecule has 2 heterocycles. The van der Waals surface area contributed by atoms with E-state index in [4.69, 9.17) is 0 Å². The van der Waals surface area contributed by atoms with E-state index in [2.05, 4.69) is 15.4 Å². The summed E-state index contributed by atoms with van der Waals surface area (Å²) in [7, 11) is 0. The highest BCUT2D eigenvalue weighted by Gasteiger charge is 2.13. The molecule has 0 aliphatic heterocycles. The van der Waals surface area contributed by atoms with Crippen LogP contribution in [-0.4, -0.2) is 20.5 Å². The molecule has 0 atom stereocenters. The fourth-order valence-corrected chi connectivity index (χ4v) is 3.19. The molecule has 2 N–H and O–H groups in total. The monoisotopic (exact) mass is 372 g/mol. The van der Waals surface area contributed by atoms with Crippen LogP contribution in [0.5, 0.6) is 0 Å². The molecule has 0 radical (unpaired) electrons. The Morgan fingerprint density at radius 3 is 2.64 bits per heavy atom. The number of aryl methyl sites for hydroxylation is 1. The van der Waals surface area contributed by atoms with Gasteiger partial charge in [-0.15, -0.1) is 0 Å². The highest BCUT2D eigenvalue weighted by molar-refractivity contribution is 5.94. The maximum absolute atomic E-state index is 12.6. The molecule has 0 aliphatic carbocycles. The number of ketones is 1. The lowest BCUT2D eigenvalue weighted by Crippen LogP contribution is -2.16. The minimum atomic E-state index is -0.167. The molecule has 0 aliphatic rings. The van der Waals surface area contributed by atoms with Gasteiger partial charge in [0, 0.05) is 28.7 Å². The second-order valence-corrected chi connectivity index (χ2v) is 6.71. The Morgan fingerprint density at radius 1 is 1.11 bits per heavy atom. The summed E-state index contributed by atoms with van der Waals surface area (Å²) < 4.78 is 1.75. The number of anilines is 1. The number of nitrogens with one attached hydrogen (secondary N) is 2. The predicted octanol–water partition coefficient (Wildman–Crippen LogP) is 3.84. The molecule has 2 aromatic heterocycles. The molecule has 0 fully saturated rings. The Morgan fingerprint density at radius 2 is 1.89 bits per heavy atom. The van der Waals surface area contributed by atoms with Crippen LogP contribution in [0.2, 0.25) is 0 Å². The van der Waals surface area contributed by atoms with E-state index in [0.29, 0.717) is 23.3 Å². The van der Waals surface area contributed by atoms with Gasteiger partial charge >= 0.3 is 0 Å². The van der Waals surface area contributed by atoms with Crippen molar-refractivity contribution in [3.05, 3.63) is 87.8 Å². The van der Waals surface area contributed by atoms with Gasteiger partial charge in [0.15, 0.2) is 5.78 Å². The first-order valence-corrected chi connectivity index (χ1v) is 9.05. The summed E-state index contributed by atoms with van der Waals surface area (Å²) in [6.45, 7) is 3.81. The maximum Gasteiger partial charge on any atom is 0.254 e. The quantitative estimate of drug-likeness (QED) is 0.522. The largest absolute Gasteiger partial charge is 0.381 e. The van der Waals surface area contributed by atoms with Gasteiger partial charge in [-0.1, -0.05) is 30.3 Å². The Labute approximate surface area is 161 Å². The summed E-state index contributed by atoms with van der Waals surface area (Å²) in [5, 5.41) is 8.70. The zero-order valence-corrected chi connectivity index (χ0v) is 15.7. The normalized spacial score (nSPS) is 10.9. The Bertz CT molecular complexity index is 1220. The van der Waals surface area contributed by atoms with Gasteiger partial charge in [0.1, 0.15) is 5.65 Å². The van der Waals surface area contributed by atoms with Crippen molar-refractivity contribution in [2.45, 2.75) is 20.4 Å². The molecule has 0 unspecified atom stereocenters. The van der Waals surface area contributed by atoms with Crippen molar-refractivity contribution < 1.29 is 4.79 Å². The first-order valence-electron chi connectivity index (χ1n) is 9.05. The number of hydrogen-bond acceptors (Lipinski definition) is 4. The number of Topliss-reactive ketones (excluding diaryl/α,β-unsaturated/α-hetero) is 1. The SMILES string of the molecule is CC(=O)c1cccc(NCc2cc3c(C)nn(-c4ccccc4)c3[nH]c2=O)c1. The van der Waals surface area contributed by atoms with Gasteiger partial charge in [-0.2, -0.15) is 5.10 Å². The first-order chi connectivity index (χ1) is 13.5. The standard InChI is InChI=1S/C22H20N4O2/c1-14-20-12-17(13-23-18-8-6-7-16(11-18)15(2)27)22(28)24-21(20)26(25-14)19-9-4-3-5-10-19/h3-12,23H,13H2,1-2H3,(H,24,28). The van der Waals surface area contributed by atoms with E-state index >= 15 is 0 Å². The third-order valence-corrected chi connectivity index (χ3v) is 4.70. The van der Waals surface area contributed by atoms with E-state index in [1.807, 2.05) is 55.5 Å². The van der Waals surface area contributed by atoms with Gasteiger partial charge in [0.25, 0.3) is 5.56 Å². The van der Waals surface area contributed by atoms with Crippen LogP contribution in [0.4, 0.5) is 5.69 Å². The number of hydrogen-bond donors (Lipinski definition) is 2. The zero-order valence-electron chi connectivity index (χ0n) is 15.7. The summed E-state index contributed by atoms with van der Waals surface area (Å²) in [6.07, 6.45) is 0. The van der Waals surface area contributed by atoms with E-state index in [1.54, 1.807) is 16.8 Å². The Kier molecular flexibility index (Phi) is 4.53. The number of nitrogens with zero attached hydrogens (tertiary/aromatic N) is 2. The molecule has 4 rings (SSSR count). The molecule has 28 heavy (non-hydrogen) atoms. The lowest BCUT2D eigenvalue weighted by molar-refractivity contribution is 0.101. The maximum atomic E-state index is 12.6. The lowest BCUT2D eigenvalue weighted by Gasteiger charge is -2.08. The van der Waals surface area contributed by atoms with Crippen molar-refractivity contribution in [3.63, 3.8) is 0 Å². The second kappa shape index (κ2) is 7.15. The second-order valence-electron chi connectivity index (χ2n) is 6.71. The van der Waals surface area contributed by atoms with Gasteiger partial charge in [-0.25, -0.2) is 4.68 Å². The number of aromatic nitrogens is 3. The molecular weight excluding hydrogens is 352 g/mol. The number of fused-ring (bicyclic) bond motifs is 1. The summed E-state index contributed by atoms with van der Waals surface area (Å²) >= 11 is 0. The fraction of sp³-hybridized carbons (Fsp3) is 0.136. The molecule has 6 heteroatoms. The minimum absolute atomic E-state index is 0.00636. The molecule has 0 bridgehead atoms. The number of pyridine rings is 1. The number of H-pyrrole nitrogens is 1. The highest BCUT2D eigenvalue weighted by Crippen LogP contribution is 2.20. The fourth-order valence-electron chi connectivity index (χ4n) is 3.19. The van der Waals surface area contributed by atoms with Crippen LogP contribution < -0.4 is 10.9 Å². The number of benzene rings is 2. The van der Waals surface area contributed by atoms with E-state index in [-0.39, 0.29) is 11.3 Å². The molecule has 0 spiro atoms. The molecule has 0 amide bonds. The number of rotatable bonds is 5. The Hall–Kier alpha value is -3.67. The Balaban J connectivity index is 1.67. The smallest absolute Gasteiger partial charge is 0.254 e. The van der Waals surface area contributed by atoms with Gasteiger partial charge < -0.3 is 10.3 Å². The average molecular weight is 372 g/mol. The van der Waals surface area contributed by atoms with Crippen LogP contribution in [-0.2, 0) is 6.54 Å².